The Morgan fingerprint density at radius 1 is 1.21 bits per heavy atom. The van der Waals surface area contributed by atoms with Gasteiger partial charge in [0.2, 0.25) is 17.8 Å². The number of hydrogen-bond acceptors (Lipinski definition) is 6. The van der Waals surface area contributed by atoms with Crippen molar-refractivity contribution in [3.63, 3.8) is 0 Å². The maximum atomic E-state index is 5.84. The SMILES string of the molecule is CCN(CC)c1nc(N)nc(N2CCCCC2C)n1. The van der Waals surface area contributed by atoms with Crippen molar-refractivity contribution in [2.75, 3.05) is 35.2 Å². The molecule has 19 heavy (non-hydrogen) atoms. The molecule has 2 heterocycles. The van der Waals surface area contributed by atoms with E-state index in [1.165, 1.54) is 19.3 Å². The van der Waals surface area contributed by atoms with Crippen LogP contribution in [0.4, 0.5) is 17.8 Å². The summed E-state index contributed by atoms with van der Waals surface area (Å²) in [7, 11) is 0. The van der Waals surface area contributed by atoms with Crippen LogP contribution in [0.5, 0.6) is 0 Å². The fourth-order valence-corrected chi connectivity index (χ4v) is 2.54. The van der Waals surface area contributed by atoms with Gasteiger partial charge in [0.1, 0.15) is 0 Å². The van der Waals surface area contributed by atoms with Crippen molar-refractivity contribution in [3.05, 3.63) is 0 Å². The smallest absolute Gasteiger partial charge is 0.232 e. The summed E-state index contributed by atoms with van der Waals surface area (Å²) < 4.78 is 0. The summed E-state index contributed by atoms with van der Waals surface area (Å²) >= 11 is 0. The molecule has 0 aliphatic carbocycles. The number of anilines is 3. The first-order valence-electron chi connectivity index (χ1n) is 7.18. The molecule has 1 aliphatic rings. The van der Waals surface area contributed by atoms with Crippen molar-refractivity contribution in [1.29, 1.82) is 0 Å². The number of nitrogens with zero attached hydrogens (tertiary/aromatic N) is 5. The second-order valence-corrected chi connectivity index (χ2v) is 5.00. The van der Waals surface area contributed by atoms with Crippen LogP contribution in [0, 0.1) is 0 Å². The lowest BCUT2D eigenvalue weighted by Crippen LogP contribution is -2.39. The van der Waals surface area contributed by atoms with Crippen LogP contribution in [0.15, 0.2) is 0 Å². The van der Waals surface area contributed by atoms with E-state index in [0.717, 1.165) is 25.6 Å². The van der Waals surface area contributed by atoms with Crippen molar-refractivity contribution < 1.29 is 0 Å². The quantitative estimate of drug-likeness (QED) is 0.892. The minimum absolute atomic E-state index is 0.310. The molecule has 2 N–H and O–H groups in total. The first-order valence-corrected chi connectivity index (χ1v) is 7.18. The molecule has 0 aromatic carbocycles. The summed E-state index contributed by atoms with van der Waals surface area (Å²) in [6.07, 6.45) is 3.66. The van der Waals surface area contributed by atoms with E-state index in [0.29, 0.717) is 17.9 Å². The highest BCUT2D eigenvalue weighted by Crippen LogP contribution is 2.23. The molecule has 1 saturated heterocycles. The molecule has 1 fully saturated rings. The molecule has 0 bridgehead atoms. The fraction of sp³-hybridized carbons (Fsp3) is 0.769. The zero-order valence-electron chi connectivity index (χ0n) is 12.1. The Balaban J connectivity index is 2.30. The van der Waals surface area contributed by atoms with E-state index in [1.54, 1.807) is 0 Å². The largest absolute Gasteiger partial charge is 0.368 e. The number of hydrogen-bond donors (Lipinski definition) is 1. The predicted molar refractivity (Wildman–Crippen MR) is 78.5 cm³/mol. The zero-order valence-corrected chi connectivity index (χ0v) is 12.1. The van der Waals surface area contributed by atoms with Gasteiger partial charge < -0.3 is 15.5 Å². The van der Waals surface area contributed by atoms with Gasteiger partial charge >= 0.3 is 0 Å². The van der Waals surface area contributed by atoms with E-state index < -0.39 is 0 Å². The predicted octanol–water partition coefficient (Wildman–Crippen LogP) is 1.68. The number of aromatic nitrogens is 3. The van der Waals surface area contributed by atoms with Gasteiger partial charge in [-0.15, -0.1) is 0 Å². The van der Waals surface area contributed by atoms with Gasteiger partial charge in [0.05, 0.1) is 0 Å². The van der Waals surface area contributed by atoms with Gasteiger partial charge in [-0.2, -0.15) is 15.0 Å². The lowest BCUT2D eigenvalue weighted by atomic mass is 10.0. The number of piperidine rings is 1. The second kappa shape index (κ2) is 6.04. The minimum Gasteiger partial charge on any atom is -0.368 e. The fourth-order valence-electron chi connectivity index (χ4n) is 2.54. The Bertz CT molecular complexity index is 418. The second-order valence-electron chi connectivity index (χ2n) is 5.00. The molecule has 1 atom stereocenters. The Morgan fingerprint density at radius 2 is 1.95 bits per heavy atom. The first kappa shape index (κ1) is 13.8. The third kappa shape index (κ3) is 3.05. The molecule has 1 aromatic heterocycles. The average molecular weight is 264 g/mol. The Labute approximate surface area is 115 Å². The standard InChI is InChI=1S/C13H24N6/c1-4-18(5-2)12-15-11(14)16-13(17-12)19-9-7-6-8-10(19)3/h10H,4-9H2,1-3H3,(H2,14,15,16,17). The highest BCUT2D eigenvalue weighted by molar-refractivity contribution is 5.44. The molecule has 6 nitrogen and oxygen atoms in total. The Hall–Kier alpha value is -1.59. The van der Waals surface area contributed by atoms with Gasteiger partial charge in [-0.1, -0.05) is 0 Å². The Morgan fingerprint density at radius 3 is 2.58 bits per heavy atom. The number of rotatable bonds is 4. The molecule has 1 aromatic rings. The number of nitrogen functional groups attached to an aromatic ring is 1. The minimum atomic E-state index is 0.310. The van der Waals surface area contributed by atoms with Gasteiger partial charge in [-0.3, -0.25) is 0 Å². The van der Waals surface area contributed by atoms with Gasteiger partial charge in [0.25, 0.3) is 0 Å². The third-order valence-electron chi connectivity index (χ3n) is 3.74. The molecule has 1 unspecified atom stereocenters. The first-order chi connectivity index (χ1) is 9.15. The van der Waals surface area contributed by atoms with Crippen molar-refractivity contribution in [2.24, 2.45) is 0 Å². The topological polar surface area (TPSA) is 71.2 Å². The van der Waals surface area contributed by atoms with E-state index in [1.807, 2.05) is 0 Å². The van der Waals surface area contributed by atoms with E-state index in [2.05, 4.69) is 45.5 Å². The van der Waals surface area contributed by atoms with E-state index in [-0.39, 0.29) is 0 Å². The summed E-state index contributed by atoms with van der Waals surface area (Å²) in [5.74, 6) is 1.72. The lowest BCUT2D eigenvalue weighted by Gasteiger charge is -2.33. The molecule has 1 aliphatic heterocycles. The third-order valence-corrected chi connectivity index (χ3v) is 3.74. The molecule has 0 amide bonds. The molecular formula is C13H24N6. The molecule has 106 valence electrons. The van der Waals surface area contributed by atoms with Gasteiger partial charge in [-0.25, -0.2) is 0 Å². The van der Waals surface area contributed by atoms with Crippen molar-refractivity contribution >= 4 is 17.8 Å². The van der Waals surface area contributed by atoms with Crippen LogP contribution in [0.3, 0.4) is 0 Å². The summed E-state index contributed by atoms with van der Waals surface area (Å²) in [5, 5.41) is 0. The molecule has 0 spiro atoms. The normalized spacial score (nSPS) is 19.5. The van der Waals surface area contributed by atoms with Crippen LogP contribution in [0.2, 0.25) is 0 Å². The maximum absolute atomic E-state index is 5.84. The van der Waals surface area contributed by atoms with Crippen LogP contribution in [-0.4, -0.2) is 40.6 Å². The molecule has 6 heteroatoms. The van der Waals surface area contributed by atoms with Gasteiger partial charge in [0.15, 0.2) is 0 Å². The number of nitrogens with two attached hydrogens (primary N) is 1. The van der Waals surface area contributed by atoms with Gasteiger partial charge in [-0.05, 0) is 40.0 Å². The van der Waals surface area contributed by atoms with Gasteiger partial charge in [0, 0.05) is 25.7 Å². The van der Waals surface area contributed by atoms with Crippen LogP contribution >= 0.6 is 0 Å². The highest BCUT2D eigenvalue weighted by atomic mass is 15.4. The molecule has 0 saturated carbocycles. The van der Waals surface area contributed by atoms with Crippen LogP contribution in [0.25, 0.3) is 0 Å². The van der Waals surface area contributed by atoms with E-state index in [4.69, 9.17) is 5.73 Å². The van der Waals surface area contributed by atoms with Crippen LogP contribution in [0.1, 0.15) is 40.0 Å². The monoisotopic (exact) mass is 264 g/mol. The van der Waals surface area contributed by atoms with Crippen molar-refractivity contribution in [1.82, 2.24) is 15.0 Å². The molecular weight excluding hydrogens is 240 g/mol. The van der Waals surface area contributed by atoms with Crippen LogP contribution < -0.4 is 15.5 Å². The van der Waals surface area contributed by atoms with E-state index in [9.17, 15) is 0 Å². The summed E-state index contributed by atoms with van der Waals surface area (Å²) in [6, 6.07) is 0.472. The summed E-state index contributed by atoms with van der Waals surface area (Å²) in [5.41, 5.74) is 5.84. The van der Waals surface area contributed by atoms with Crippen molar-refractivity contribution in [3.8, 4) is 0 Å². The van der Waals surface area contributed by atoms with Crippen LogP contribution in [-0.2, 0) is 0 Å². The highest BCUT2D eigenvalue weighted by Gasteiger charge is 2.22. The zero-order chi connectivity index (χ0) is 13.8. The summed E-state index contributed by atoms with van der Waals surface area (Å²) in [4.78, 5) is 17.5. The Kier molecular flexibility index (Phi) is 4.39. The van der Waals surface area contributed by atoms with E-state index >= 15 is 0 Å². The maximum Gasteiger partial charge on any atom is 0.232 e. The lowest BCUT2D eigenvalue weighted by molar-refractivity contribution is 0.476. The molecule has 0 radical (unpaired) electrons. The average Bonchev–Trinajstić information content (AvgIpc) is 2.40. The summed E-state index contributed by atoms with van der Waals surface area (Å²) in [6.45, 7) is 9.14. The molecule has 2 rings (SSSR count). The van der Waals surface area contributed by atoms with Crippen molar-refractivity contribution in [2.45, 2.75) is 46.1 Å².